The van der Waals surface area contributed by atoms with Gasteiger partial charge >= 0.3 is 5.97 Å². The molecule has 0 radical (unpaired) electrons. The van der Waals surface area contributed by atoms with Crippen molar-refractivity contribution in [1.29, 1.82) is 0 Å². The fourth-order valence-corrected chi connectivity index (χ4v) is 0.799. The lowest BCUT2D eigenvalue weighted by atomic mass is 10.2. The fraction of sp³-hybridized carbons (Fsp3) is 0.444. The summed E-state index contributed by atoms with van der Waals surface area (Å²) in [5.41, 5.74) is -0.210. The van der Waals surface area contributed by atoms with Crippen molar-refractivity contribution in [2.45, 2.75) is 27.2 Å². The number of aryl methyl sites for hydroxylation is 1. The first-order valence-corrected chi connectivity index (χ1v) is 4.36. The molecular formula is C9H14N2O3. The molecule has 1 aromatic heterocycles. The van der Waals surface area contributed by atoms with Crippen LogP contribution in [-0.4, -0.2) is 21.0 Å². The van der Waals surface area contributed by atoms with Crippen LogP contribution in [0.4, 0.5) is 0 Å². The van der Waals surface area contributed by atoms with Crippen LogP contribution < -0.4 is 5.56 Å². The quantitative estimate of drug-likeness (QED) is 0.733. The molecule has 0 aromatic carbocycles. The first kappa shape index (κ1) is 12.3. The molecule has 5 heteroatoms. The summed E-state index contributed by atoms with van der Waals surface area (Å²) in [5.74, 6) is -0.555. The first-order chi connectivity index (χ1) is 6.59. The highest BCUT2D eigenvalue weighted by Gasteiger charge is 2.04. The molecule has 0 atom stereocenters. The third kappa shape index (κ3) is 3.84. The van der Waals surface area contributed by atoms with Gasteiger partial charge in [-0.25, -0.2) is 4.98 Å². The van der Waals surface area contributed by atoms with Gasteiger partial charge in [-0.1, -0.05) is 13.8 Å². The number of carboxylic acid groups (broad SMARTS) is 1. The lowest BCUT2D eigenvalue weighted by Crippen LogP contribution is -2.17. The van der Waals surface area contributed by atoms with Gasteiger partial charge in [0.1, 0.15) is 5.82 Å². The number of carboxylic acids is 1. The molecule has 14 heavy (non-hydrogen) atoms. The second-order valence-corrected chi connectivity index (χ2v) is 2.39. The molecule has 2 N–H and O–H groups in total. The van der Waals surface area contributed by atoms with Gasteiger partial charge in [-0.3, -0.25) is 9.59 Å². The summed E-state index contributed by atoms with van der Waals surface area (Å²) >= 11 is 0. The van der Waals surface area contributed by atoms with Crippen LogP contribution >= 0.6 is 0 Å². The highest BCUT2D eigenvalue weighted by molar-refractivity contribution is 5.69. The Morgan fingerprint density at radius 2 is 2.14 bits per heavy atom. The summed E-state index contributed by atoms with van der Waals surface area (Å²) in [7, 11) is 0. The molecule has 78 valence electrons. The van der Waals surface area contributed by atoms with E-state index in [1.807, 2.05) is 13.8 Å². The van der Waals surface area contributed by atoms with Crippen LogP contribution in [0.5, 0.6) is 0 Å². The lowest BCUT2D eigenvalue weighted by Gasteiger charge is -1.95. The van der Waals surface area contributed by atoms with E-state index in [1.165, 1.54) is 6.20 Å². The number of hydrogen-bond donors (Lipinski definition) is 2. The third-order valence-electron chi connectivity index (χ3n) is 1.34. The minimum absolute atomic E-state index is 0.174. The van der Waals surface area contributed by atoms with Crippen LogP contribution in [0.3, 0.4) is 0 Å². The zero-order chi connectivity index (χ0) is 11.1. The molecule has 5 nitrogen and oxygen atoms in total. The zero-order valence-electron chi connectivity index (χ0n) is 8.50. The van der Waals surface area contributed by atoms with Crippen molar-refractivity contribution in [1.82, 2.24) is 9.97 Å². The molecular weight excluding hydrogens is 184 g/mol. The van der Waals surface area contributed by atoms with Gasteiger partial charge in [0.05, 0.1) is 6.42 Å². The number of aromatic amines is 1. The SMILES string of the molecule is CC.Cc1ncc(CC(=O)O)c(=O)[nH]1. The zero-order valence-corrected chi connectivity index (χ0v) is 8.50. The van der Waals surface area contributed by atoms with Crippen LogP contribution in [0.2, 0.25) is 0 Å². The number of aliphatic carboxylic acids is 1. The summed E-state index contributed by atoms with van der Waals surface area (Å²) in [6.45, 7) is 5.63. The minimum Gasteiger partial charge on any atom is -0.481 e. The maximum absolute atomic E-state index is 11.0. The highest BCUT2D eigenvalue weighted by Crippen LogP contribution is 1.89. The lowest BCUT2D eigenvalue weighted by molar-refractivity contribution is -0.136. The number of nitrogens with one attached hydrogen (secondary N) is 1. The maximum atomic E-state index is 11.0. The van der Waals surface area contributed by atoms with Crippen LogP contribution in [0.25, 0.3) is 0 Å². The van der Waals surface area contributed by atoms with E-state index in [9.17, 15) is 9.59 Å². The van der Waals surface area contributed by atoms with Crippen LogP contribution in [0, 0.1) is 6.92 Å². The smallest absolute Gasteiger partial charge is 0.308 e. The molecule has 0 unspecified atom stereocenters. The normalized spacial score (nSPS) is 8.79. The molecule has 1 rings (SSSR count). The van der Waals surface area contributed by atoms with Gasteiger partial charge in [0.15, 0.2) is 0 Å². The monoisotopic (exact) mass is 198 g/mol. The topological polar surface area (TPSA) is 83.0 Å². The molecule has 1 heterocycles. The second-order valence-electron chi connectivity index (χ2n) is 2.39. The van der Waals surface area contributed by atoms with Gasteiger partial charge in [-0.15, -0.1) is 0 Å². The highest BCUT2D eigenvalue weighted by atomic mass is 16.4. The summed E-state index contributed by atoms with van der Waals surface area (Å²) in [5, 5.41) is 8.38. The molecule has 0 amide bonds. The Kier molecular flexibility index (Phi) is 5.21. The average molecular weight is 198 g/mol. The van der Waals surface area contributed by atoms with Crippen molar-refractivity contribution in [2.75, 3.05) is 0 Å². The van der Waals surface area contributed by atoms with E-state index in [2.05, 4.69) is 9.97 Å². The Morgan fingerprint density at radius 1 is 1.57 bits per heavy atom. The predicted octanol–water partition coefficient (Wildman–Crippen LogP) is 0.732. The maximum Gasteiger partial charge on any atom is 0.308 e. The van der Waals surface area contributed by atoms with Crippen molar-refractivity contribution in [3.8, 4) is 0 Å². The van der Waals surface area contributed by atoms with Gasteiger partial charge in [-0.2, -0.15) is 0 Å². The van der Waals surface area contributed by atoms with Gasteiger partial charge in [-0.05, 0) is 6.92 Å². The standard InChI is InChI=1S/C7H8N2O3.C2H6/c1-4-8-3-5(2-6(10)11)7(12)9-4;1-2/h3H,2H2,1H3,(H,10,11)(H,8,9,12);1-2H3. The van der Waals surface area contributed by atoms with E-state index in [0.29, 0.717) is 5.82 Å². The first-order valence-electron chi connectivity index (χ1n) is 4.36. The van der Waals surface area contributed by atoms with E-state index < -0.39 is 5.97 Å². The second kappa shape index (κ2) is 5.90. The fourth-order valence-electron chi connectivity index (χ4n) is 0.799. The summed E-state index contributed by atoms with van der Waals surface area (Å²) in [4.78, 5) is 27.4. The third-order valence-corrected chi connectivity index (χ3v) is 1.34. The molecule has 1 aromatic rings. The van der Waals surface area contributed by atoms with E-state index in [-0.39, 0.29) is 17.5 Å². The summed E-state index contributed by atoms with van der Waals surface area (Å²) in [6.07, 6.45) is 0.991. The van der Waals surface area contributed by atoms with Gasteiger partial charge in [0.25, 0.3) is 5.56 Å². The van der Waals surface area contributed by atoms with Crippen molar-refractivity contribution < 1.29 is 9.90 Å². The number of H-pyrrole nitrogens is 1. The Bertz CT molecular complexity index is 357. The number of hydrogen-bond acceptors (Lipinski definition) is 3. The number of nitrogens with zero attached hydrogens (tertiary/aromatic N) is 1. The minimum atomic E-state index is -1.04. The van der Waals surface area contributed by atoms with E-state index in [1.54, 1.807) is 6.92 Å². The number of rotatable bonds is 2. The van der Waals surface area contributed by atoms with Gasteiger partial charge in [0.2, 0.25) is 0 Å². The van der Waals surface area contributed by atoms with Crippen LogP contribution in [0.15, 0.2) is 11.0 Å². The predicted molar refractivity (Wildman–Crippen MR) is 52.3 cm³/mol. The number of carbonyl (C=O) groups is 1. The molecule has 0 fully saturated rings. The molecule has 0 saturated carbocycles. The Hall–Kier alpha value is -1.65. The van der Waals surface area contributed by atoms with Crippen molar-refractivity contribution >= 4 is 5.97 Å². The Balaban J connectivity index is 0.000000791. The van der Waals surface area contributed by atoms with Crippen molar-refractivity contribution in [3.63, 3.8) is 0 Å². The molecule has 0 aliphatic rings. The van der Waals surface area contributed by atoms with Crippen LogP contribution in [0.1, 0.15) is 25.2 Å². The average Bonchev–Trinajstić information content (AvgIpc) is 2.13. The molecule has 0 spiro atoms. The van der Waals surface area contributed by atoms with E-state index in [4.69, 9.17) is 5.11 Å². The van der Waals surface area contributed by atoms with Crippen LogP contribution in [-0.2, 0) is 11.2 Å². The van der Waals surface area contributed by atoms with E-state index in [0.717, 1.165) is 0 Å². The largest absolute Gasteiger partial charge is 0.481 e. The number of aromatic nitrogens is 2. The van der Waals surface area contributed by atoms with E-state index >= 15 is 0 Å². The molecule has 0 aliphatic carbocycles. The summed E-state index contributed by atoms with van der Waals surface area (Å²) < 4.78 is 0. The molecule has 0 saturated heterocycles. The molecule has 0 bridgehead atoms. The van der Waals surface area contributed by atoms with Gasteiger partial charge < -0.3 is 10.1 Å². The van der Waals surface area contributed by atoms with Crippen molar-refractivity contribution in [3.05, 3.63) is 27.9 Å². The Labute approximate surface area is 81.8 Å². The summed E-state index contributed by atoms with van der Waals surface area (Å²) in [6, 6.07) is 0. The van der Waals surface area contributed by atoms with Gasteiger partial charge in [0, 0.05) is 11.8 Å². The van der Waals surface area contributed by atoms with Crippen molar-refractivity contribution in [2.24, 2.45) is 0 Å². The Morgan fingerprint density at radius 3 is 2.57 bits per heavy atom. The molecule has 0 aliphatic heterocycles.